The number of ether oxygens (including phenoxy) is 1. The van der Waals surface area contributed by atoms with E-state index in [1.807, 2.05) is 31.2 Å². The number of halogens is 1. The van der Waals surface area contributed by atoms with Crippen LogP contribution in [-0.2, 0) is 9.53 Å². The van der Waals surface area contributed by atoms with Gasteiger partial charge in [-0.05, 0) is 44.6 Å². The predicted molar refractivity (Wildman–Crippen MR) is 99.3 cm³/mol. The van der Waals surface area contributed by atoms with Crippen LogP contribution < -0.4 is 5.32 Å². The Balaban J connectivity index is 1.94. The lowest BCUT2D eigenvalue weighted by atomic mass is 9.99. The number of benzene rings is 1. The highest BCUT2D eigenvalue weighted by molar-refractivity contribution is 6.00. The number of rotatable bonds is 5. The van der Waals surface area contributed by atoms with E-state index < -0.39 is 11.9 Å². The molecule has 6 nitrogen and oxygen atoms in total. The Morgan fingerprint density at radius 2 is 2.07 bits per heavy atom. The highest BCUT2D eigenvalue weighted by Gasteiger charge is 2.25. The Morgan fingerprint density at radius 3 is 2.70 bits per heavy atom. The molecular formula is C20H20FN3O3. The van der Waals surface area contributed by atoms with E-state index in [4.69, 9.17) is 4.74 Å². The molecule has 1 aliphatic rings. The molecule has 1 aliphatic carbocycles. The second kappa shape index (κ2) is 7.99. The number of carbonyl (C=O) groups excluding carboxylic acids is 2. The van der Waals surface area contributed by atoms with Crippen LogP contribution in [0.1, 0.15) is 29.4 Å². The molecule has 1 aromatic carbocycles. The highest BCUT2D eigenvalue weighted by Crippen LogP contribution is 2.24. The van der Waals surface area contributed by atoms with Crippen molar-refractivity contribution >= 4 is 17.7 Å². The fourth-order valence-corrected chi connectivity index (χ4v) is 2.72. The van der Waals surface area contributed by atoms with Gasteiger partial charge in [-0.2, -0.15) is 0 Å². The zero-order valence-electron chi connectivity index (χ0n) is 15.1. The molecule has 2 aromatic rings. The summed E-state index contributed by atoms with van der Waals surface area (Å²) in [5, 5.41) is 2.75. The van der Waals surface area contributed by atoms with E-state index in [2.05, 4.69) is 10.3 Å². The van der Waals surface area contributed by atoms with Crippen molar-refractivity contribution in [3.63, 3.8) is 0 Å². The lowest BCUT2D eigenvalue weighted by molar-refractivity contribution is -0.118. The molecule has 1 unspecified atom stereocenters. The summed E-state index contributed by atoms with van der Waals surface area (Å²) >= 11 is 0. The van der Waals surface area contributed by atoms with Gasteiger partial charge in [0, 0.05) is 5.69 Å². The summed E-state index contributed by atoms with van der Waals surface area (Å²) in [4.78, 5) is 29.0. The van der Waals surface area contributed by atoms with Gasteiger partial charge in [0.05, 0.1) is 12.5 Å². The first-order valence-electron chi connectivity index (χ1n) is 8.65. The van der Waals surface area contributed by atoms with E-state index in [0.29, 0.717) is 0 Å². The maximum absolute atomic E-state index is 13.1. The Kier molecular flexibility index (Phi) is 5.49. The molecule has 1 heterocycles. The smallest absolute Gasteiger partial charge is 0.360 e. The molecule has 1 aromatic heterocycles. The van der Waals surface area contributed by atoms with E-state index in [1.165, 1.54) is 24.6 Å². The minimum absolute atomic E-state index is 0.0206. The van der Waals surface area contributed by atoms with Crippen molar-refractivity contribution in [3.8, 4) is 5.69 Å². The van der Waals surface area contributed by atoms with E-state index in [0.717, 1.165) is 11.3 Å². The summed E-state index contributed by atoms with van der Waals surface area (Å²) in [5.41, 5.74) is 1.84. The summed E-state index contributed by atoms with van der Waals surface area (Å²) in [5.74, 6) is -1.64. The molecule has 3 rings (SSSR count). The van der Waals surface area contributed by atoms with Crippen molar-refractivity contribution in [1.82, 2.24) is 9.55 Å². The van der Waals surface area contributed by atoms with Gasteiger partial charge in [-0.15, -0.1) is 0 Å². The molecule has 7 heteroatoms. The van der Waals surface area contributed by atoms with Crippen molar-refractivity contribution in [2.75, 3.05) is 11.9 Å². The molecule has 1 N–H and O–H groups in total. The normalized spacial score (nSPS) is 16.0. The van der Waals surface area contributed by atoms with Crippen LogP contribution in [-0.4, -0.2) is 28.0 Å². The molecule has 0 fully saturated rings. The molecule has 0 aliphatic heterocycles. The van der Waals surface area contributed by atoms with Gasteiger partial charge in [-0.25, -0.2) is 14.2 Å². The van der Waals surface area contributed by atoms with Crippen molar-refractivity contribution in [1.29, 1.82) is 0 Å². The summed E-state index contributed by atoms with van der Waals surface area (Å²) in [6, 6.07) is 7.56. The average Bonchev–Trinajstić information content (AvgIpc) is 3.06. The van der Waals surface area contributed by atoms with Crippen molar-refractivity contribution in [2.45, 2.75) is 20.3 Å². The molecule has 0 saturated carbocycles. The van der Waals surface area contributed by atoms with Gasteiger partial charge in [-0.1, -0.05) is 23.8 Å². The summed E-state index contributed by atoms with van der Waals surface area (Å²) in [6.45, 7) is 3.85. The van der Waals surface area contributed by atoms with Gasteiger partial charge in [0.2, 0.25) is 5.91 Å². The van der Waals surface area contributed by atoms with Crippen LogP contribution in [0, 0.1) is 12.8 Å². The van der Waals surface area contributed by atoms with Crippen LogP contribution in [0.2, 0.25) is 0 Å². The van der Waals surface area contributed by atoms with Crippen molar-refractivity contribution < 1.29 is 18.7 Å². The molecule has 0 radical (unpaired) electrons. The Bertz CT molecular complexity index is 913. The topological polar surface area (TPSA) is 73.2 Å². The quantitative estimate of drug-likeness (QED) is 0.815. The van der Waals surface area contributed by atoms with Gasteiger partial charge < -0.3 is 10.1 Å². The average molecular weight is 369 g/mol. The minimum atomic E-state index is -0.621. The fraction of sp³-hybridized carbons (Fsp3) is 0.250. The first kappa shape index (κ1) is 18.6. The zero-order valence-corrected chi connectivity index (χ0v) is 15.1. The van der Waals surface area contributed by atoms with Crippen LogP contribution in [0.3, 0.4) is 0 Å². The standard InChI is InChI=1S/C20H20FN3O3/c1-3-27-20(26)17-18(23-19(25)14-6-8-15(21)9-7-14)24(12-22-17)16-10-4-13(2)5-11-16/h4-6,8-12,14H,3,7H2,1-2H3,(H,23,25). The first-order chi connectivity index (χ1) is 13.0. The van der Waals surface area contributed by atoms with E-state index in [9.17, 15) is 14.0 Å². The SMILES string of the molecule is CCOC(=O)c1ncn(-c2ccc(C)cc2)c1NC(=O)C1C=CC(F)=CC1. The number of imidazole rings is 1. The number of allylic oxidation sites excluding steroid dienone is 3. The van der Waals surface area contributed by atoms with Gasteiger partial charge in [0.15, 0.2) is 11.5 Å². The lowest BCUT2D eigenvalue weighted by Gasteiger charge is -2.16. The van der Waals surface area contributed by atoms with Crippen LogP contribution in [0.25, 0.3) is 5.69 Å². The Labute approximate surface area is 156 Å². The third-order valence-electron chi connectivity index (χ3n) is 4.18. The van der Waals surface area contributed by atoms with Crippen LogP contribution >= 0.6 is 0 Å². The number of hydrogen-bond acceptors (Lipinski definition) is 4. The largest absolute Gasteiger partial charge is 0.461 e. The molecule has 1 atom stereocenters. The minimum Gasteiger partial charge on any atom is -0.461 e. The second-order valence-corrected chi connectivity index (χ2v) is 6.15. The van der Waals surface area contributed by atoms with Crippen molar-refractivity contribution in [3.05, 3.63) is 65.9 Å². The number of nitrogens with zero attached hydrogens (tertiary/aromatic N) is 2. The van der Waals surface area contributed by atoms with Crippen molar-refractivity contribution in [2.24, 2.45) is 5.92 Å². The fourth-order valence-electron chi connectivity index (χ4n) is 2.72. The number of aryl methyl sites for hydroxylation is 1. The molecule has 0 saturated heterocycles. The number of esters is 1. The number of anilines is 1. The third kappa shape index (κ3) is 4.13. The predicted octanol–water partition coefficient (Wildman–Crippen LogP) is 3.73. The van der Waals surface area contributed by atoms with Gasteiger partial charge in [0.25, 0.3) is 0 Å². The number of hydrogen-bond donors (Lipinski definition) is 1. The molecule has 27 heavy (non-hydrogen) atoms. The molecule has 0 bridgehead atoms. The number of aromatic nitrogens is 2. The summed E-state index contributed by atoms with van der Waals surface area (Å²) in [6.07, 6.45) is 5.83. The van der Waals surface area contributed by atoms with E-state index in [-0.39, 0.29) is 36.3 Å². The highest BCUT2D eigenvalue weighted by atomic mass is 19.1. The van der Waals surface area contributed by atoms with E-state index in [1.54, 1.807) is 11.5 Å². The second-order valence-electron chi connectivity index (χ2n) is 6.15. The van der Waals surface area contributed by atoms with E-state index >= 15 is 0 Å². The Hall–Kier alpha value is -3.22. The molecule has 1 amide bonds. The first-order valence-corrected chi connectivity index (χ1v) is 8.65. The van der Waals surface area contributed by atoms with Crippen LogP contribution in [0.15, 0.2) is 54.6 Å². The molecule has 0 spiro atoms. The molecule has 140 valence electrons. The van der Waals surface area contributed by atoms with Gasteiger partial charge in [0.1, 0.15) is 12.2 Å². The number of amides is 1. The Morgan fingerprint density at radius 1 is 1.33 bits per heavy atom. The van der Waals surface area contributed by atoms with Crippen LogP contribution in [0.5, 0.6) is 0 Å². The lowest BCUT2D eigenvalue weighted by Crippen LogP contribution is -2.24. The number of carbonyl (C=O) groups is 2. The third-order valence-corrected chi connectivity index (χ3v) is 4.18. The number of nitrogens with one attached hydrogen (secondary N) is 1. The molecular weight excluding hydrogens is 349 g/mol. The maximum Gasteiger partial charge on any atom is 0.360 e. The zero-order chi connectivity index (χ0) is 19.4. The summed E-state index contributed by atoms with van der Waals surface area (Å²) < 4.78 is 19.8. The van der Waals surface area contributed by atoms with Gasteiger partial charge >= 0.3 is 5.97 Å². The monoisotopic (exact) mass is 369 g/mol. The maximum atomic E-state index is 13.1. The summed E-state index contributed by atoms with van der Waals surface area (Å²) in [7, 11) is 0. The van der Waals surface area contributed by atoms with Gasteiger partial charge in [-0.3, -0.25) is 9.36 Å². The van der Waals surface area contributed by atoms with Crippen LogP contribution in [0.4, 0.5) is 10.2 Å².